The van der Waals surface area contributed by atoms with Gasteiger partial charge in [-0.1, -0.05) is 12.1 Å². The Morgan fingerprint density at radius 1 is 1.38 bits per heavy atom. The lowest BCUT2D eigenvalue weighted by Gasteiger charge is -2.16. The van der Waals surface area contributed by atoms with E-state index in [2.05, 4.69) is 40.7 Å². The third-order valence-electron chi connectivity index (χ3n) is 3.86. The van der Waals surface area contributed by atoms with Gasteiger partial charge in [-0.05, 0) is 49.0 Å². The van der Waals surface area contributed by atoms with Gasteiger partial charge in [-0.2, -0.15) is 11.8 Å². The highest BCUT2D eigenvalue weighted by atomic mass is 32.2. The van der Waals surface area contributed by atoms with Crippen LogP contribution in [0.1, 0.15) is 17.5 Å². The molecule has 0 aliphatic carbocycles. The summed E-state index contributed by atoms with van der Waals surface area (Å²) in [4.78, 5) is 26.5. The Labute approximate surface area is 145 Å². The molecule has 0 saturated carbocycles. The Morgan fingerprint density at radius 2 is 2.17 bits per heavy atom. The van der Waals surface area contributed by atoms with Crippen LogP contribution < -0.4 is 16.4 Å². The minimum absolute atomic E-state index is 0.196. The number of thioether (sulfide) groups is 1. The molecule has 0 spiro atoms. The zero-order chi connectivity index (χ0) is 17.5. The molecule has 24 heavy (non-hydrogen) atoms. The van der Waals surface area contributed by atoms with E-state index in [0.717, 1.165) is 23.3 Å². The lowest BCUT2D eigenvalue weighted by molar-refractivity contribution is -0.122. The van der Waals surface area contributed by atoms with Gasteiger partial charge in [0, 0.05) is 23.6 Å². The van der Waals surface area contributed by atoms with Crippen LogP contribution in [0, 0.1) is 6.92 Å². The maximum Gasteiger partial charge on any atom is 0.312 e. The van der Waals surface area contributed by atoms with Crippen LogP contribution in [0.4, 0.5) is 4.79 Å². The summed E-state index contributed by atoms with van der Waals surface area (Å²) in [6.45, 7) is 2.57. The molecular weight excluding hydrogens is 324 g/mol. The smallest absolute Gasteiger partial charge is 0.312 e. The van der Waals surface area contributed by atoms with Gasteiger partial charge in [0.25, 0.3) is 0 Å². The second-order valence-electron chi connectivity index (χ2n) is 5.75. The minimum atomic E-state index is -0.678. The van der Waals surface area contributed by atoms with Crippen molar-refractivity contribution < 1.29 is 9.59 Å². The van der Waals surface area contributed by atoms with Crippen molar-refractivity contribution in [2.24, 2.45) is 5.73 Å². The summed E-state index contributed by atoms with van der Waals surface area (Å²) in [5.41, 5.74) is 8.61. The third-order valence-corrected chi connectivity index (χ3v) is 4.50. The summed E-state index contributed by atoms with van der Waals surface area (Å²) in [6.07, 6.45) is 5.21. The average Bonchev–Trinajstić information content (AvgIpc) is 2.93. The molecule has 1 heterocycles. The normalized spacial score (nSPS) is 12.1. The number of aromatic nitrogens is 1. The van der Waals surface area contributed by atoms with E-state index in [0.29, 0.717) is 13.0 Å². The monoisotopic (exact) mass is 348 g/mol. The zero-order valence-electron chi connectivity index (χ0n) is 14.0. The van der Waals surface area contributed by atoms with Crippen LogP contribution in [-0.4, -0.2) is 41.5 Å². The number of carbonyl (C=O) groups is 2. The molecule has 0 radical (unpaired) electrons. The number of H-pyrrole nitrogens is 1. The molecule has 2 aromatic rings. The van der Waals surface area contributed by atoms with Gasteiger partial charge in [0.2, 0.25) is 5.91 Å². The molecule has 0 fully saturated rings. The average molecular weight is 348 g/mol. The van der Waals surface area contributed by atoms with Crippen molar-refractivity contribution >= 4 is 34.6 Å². The van der Waals surface area contributed by atoms with Gasteiger partial charge < -0.3 is 21.4 Å². The fourth-order valence-electron chi connectivity index (χ4n) is 2.63. The quantitative estimate of drug-likeness (QED) is 0.586. The maximum atomic E-state index is 12.2. The standard InChI is InChI=1S/C17H24N4O2S/c1-11-3-4-13-12(10-20-15(13)9-11)5-7-19-16(22)14(6-8-24-2)21-17(18)23/h3-4,9-10,14,20H,5-8H2,1-2H3,(H,19,22)(H3,18,21,23). The lowest BCUT2D eigenvalue weighted by atomic mass is 10.1. The SMILES string of the molecule is CSCCC(NC(N)=O)C(=O)NCCc1c[nH]c2cc(C)ccc12. The second-order valence-corrected chi connectivity index (χ2v) is 6.73. The lowest BCUT2D eigenvalue weighted by Crippen LogP contribution is -2.49. The Hall–Kier alpha value is -2.15. The van der Waals surface area contributed by atoms with E-state index in [1.165, 1.54) is 10.9 Å². The summed E-state index contributed by atoms with van der Waals surface area (Å²) >= 11 is 1.62. The topological polar surface area (TPSA) is 100 Å². The summed E-state index contributed by atoms with van der Waals surface area (Å²) in [7, 11) is 0. The number of hydrogen-bond acceptors (Lipinski definition) is 3. The van der Waals surface area contributed by atoms with Crippen molar-refractivity contribution in [3.63, 3.8) is 0 Å². The minimum Gasteiger partial charge on any atom is -0.361 e. The predicted octanol–water partition coefficient (Wildman–Crippen LogP) is 1.93. The van der Waals surface area contributed by atoms with Crippen molar-refractivity contribution in [2.45, 2.75) is 25.8 Å². The number of fused-ring (bicyclic) bond motifs is 1. The first-order valence-corrected chi connectivity index (χ1v) is 9.30. The molecule has 6 nitrogen and oxygen atoms in total. The highest BCUT2D eigenvalue weighted by Crippen LogP contribution is 2.19. The van der Waals surface area contributed by atoms with Gasteiger partial charge in [0.05, 0.1) is 0 Å². The number of aromatic amines is 1. The molecule has 7 heteroatoms. The van der Waals surface area contributed by atoms with Crippen molar-refractivity contribution in [2.75, 3.05) is 18.6 Å². The summed E-state index contributed by atoms with van der Waals surface area (Å²) in [5, 5.41) is 6.55. The largest absolute Gasteiger partial charge is 0.361 e. The Kier molecular flexibility index (Phi) is 6.54. The van der Waals surface area contributed by atoms with E-state index in [-0.39, 0.29) is 5.91 Å². The number of nitrogens with one attached hydrogen (secondary N) is 3. The van der Waals surface area contributed by atoms with Crippen LogP contribution in [-0.2, 0) is 11.2 Å². The van der Waals surface area contributed by atoms with Crippen molar-refractivity contribution in [1.29, 1.82) is 0 Å². The fourth-order valence-corrected chi connectivity index (χ4v) is 3.10. The van der Waals surface area contributed by atoms with Crippen LogP contribution in [0.25, 0.3) is 10.9 Å². The number of aryl methyl sites for hydroxylation is 1. The highest BCUT2D eigenvalue weighted by Gasteiger charge is 2.18. The second kappa shape index (κ2) is 8.63. The van der Waals surface area contributed by atoms with E-state index < -0.39 is 12.1 Å². The molecule has 1 aromatic heterocycles. The molecular formula is C17H24N4O2S. The van der Waals surface area contributed by atoms with E-state index in [4.69, 9.17) is 5.73 Å². The molecule has 1 unspecified atom stereocenters. The van der Waals surface area contributed by atoms with Crippen LogP contribution in [0.5, 0.6) is 0 Å². The molecule has 2 rings (SSSR count). The Morgan fingerprint density at radius 3 is 2.88 bits per heavy atom. The molecule has 1 aromatic carbocycles. The fraction of sp³-hybridized carbons (Fsp3) is 0.412. The maximum absolute atomic E-state index is 12.2. The number of urea groups is 1. The molecule has 1 atom stereocenters. The van der Waals surface area contributed by atoms with E-state index in [1.807, 2.05) is 12.5 Å². The summed E-state index contributed by atoms with van der Waals surface area (Å²) in [5.74, 6) is 0.582. The number of benzene rings is 1. The first-order chi connectivity index (χ1) is 11.5. The van der Waals surface area contributed by atoms with Gasteiger partial charge in [-0.3, -0.25) is 4.79 Å². The molecule has 0 aliphatic heterocycles. The molecule has 0 bridgehead atoms. The van der Waals surface area contributed by atoms with Crippen LogP contribution in [0.2, 0.25) is 0 Å². The van der Waals surface area contributed by atoms with Gasteiger partial charge in [0.15, 0.2) is 0 Å². The van der Waals surface area contributed by atoms with Crippen molar-refractivity contribution in [1.82, 2.24) is 15.6 Å². The highest BCUT2D eigenvalue weighted by molar-refractivity contribution is 7.98. The first kappa shape index (κ1) is 18.2. The number of primary amides is 1. The van der Waals surface area contributed by atoms with Gasteiger partial charge in [0.1, 0.15) is 6.04 Å². The van der Waals surface area contributed by atoms with Crippen molar-refractivity contribution in [3.8, 4) is 0 Å². The molecule has 0 saturated heterocycles. The molecule has 0 aliphatic rings. The van der Waals surface area contributed by atoms with Gasteiger partial charge in [-0.15, -0.1) is 0 Å². The van der Waals surface area contributed by atoms with Crippen LogP contribution in [0.15, 0.2) is 24.4 Å². The number of hydrogen-bond donors (Lipinski definition) is 4. The number of nitrogens with two attached hydrogens (primary N) is 1. The molecule has 130 valence electrons. The van der Waals surface area contributed by atoms with E-state index in [9.17, 15) is 9.59 Å². The number of rotatable bonds is 8. The number of amides is 3. The van der Waals surface area contributed by atoms with E-state index >= 15 is 0 Å². The third kappa shape index (κ3) is 4.92. The van der Waals surface area contributed by atoms with Crippen LogP contribution in [0.3, 0.4) is 0 Å². The molecule has 3 amide bonds. The van der Waals surface area contributed by atoms with Gasteiger partial charge >= 0.3 is 6.03 Å². The molecule has 5 N–H and O–H groups in total. The van der Waals surface area contributed by atoms with Gasteiger partial charge in [-0.25, -0.2) is 4.79 Å². The Balaban J connectivity index is 1.91. The Bertz CT molecular complexity index is 714. The predicted molar refractivity (Wildman–Crippen MR) is 99.3 cm³/mol. The first-order valence-electron chi connectivity index (χ1n) is 7.90. The number of carbonyl (C=O) groups excluding carboxylic acids is 2. The van der Waals surface area contributed by atoms with E-state index in [1.54, 1.807) is 11.8 Å². The van der Waals surface area contributed by atoms with Crippen LogP contribution >= 0.6 is 11.8 Å². The zero-order valence-corrected chi connectivity index (χ0v) is 14.8. The summed E-state index contributed by atoms with van der Waals surface area (Å²) < 4.78 is 0. The summed E-state index contributed by atoms with van der Waals surface area (Å²) in [6, 6.07) is 5.01. The van der Waals surface area contributed by atoms with Crippen molar-refractivity contribution in [3.05, 3.63) is 35.5 Å².